The van der Waals surface area contributed by atoms with Gasteiger partial charge in [-0.3, -0.25) is 19.0 Å². The van der Waals surface area contributed by atoms with Crippen molar-refractivity contribution in [2.45, 2.75) is 6.54 Å². The van der Waals surface area contributed by atoms with Crippen LogP contribution < -0.4 is 11.0 Å². The predicted octanol–water partition coefficient (Wildman–Crippen LogP) is 0.926. The first-order chi connectivity index (χ1) is 9.19. The Labute approximate surface area is 109 Å². The molecule has 0 aliphatic carbocycles. The van der Waals surface area contributed by atoms with Crippen LogP contribution in [-0.4, -0.2) is 17.6 Å². The van der Waals surface area contributed by atoms with Gasteiger partial charge in [0.15, 0.2) is 0 Å². The predicted molar refractivity (Wildman–Crippen MR) is 71.5 cm³/mol. The van der Waals surface area contributed by atoms with Crippen molar-refractivity contribution in [3.63, 3.8) is 0 Å². The lowest BCUT2D eigenvalue weighted by atomic mass is 10.1. The highest BCUT2D eigenvalue weighted by atomic mass is 16.6. The summed E-state index contributed by atoms with van der Waals surface area (Å²) in [5.41, 5.74) is 2.06. The summed E-state index contributed by atoms with van der Waals surface area (Å²) in [5.74, 6) is 1.86. The molecular weight excluding hydrogens is 244 g/mol. The average Bonchev–Trinajstić information content (AvgIpc) is 2.42. The Bertz CT molecular complexity index is 726. The Morgan fingerprint density at radius 2 is 2.21 bits per heavy atom. The molecule has 0 saturated heterocycles. The van der Waals surface area contributed by atoms with Crippen LogP contribution in [0.5, 0.6) is 0 Å². The third-order valence-electron chi connectivity index (χ3n) is 2.70. The fourth-order valence-electron chi connectivity index (χ4n) is 1.88. The van der Waals surface area contributed by atoms with Crippen molar-refractivity contribution in [2.75, 3.05) is 7.11 Å². The Morgan fingerprint density at radius 3 is 2.89 bits per heavy atom. The Kier molecular flexibility index (Phi) is 3.64. The van der Waals surface area contributed by atoms with E-state index in [0.717, 1.165) is 0 Å². The highest BCUT2D eigenvalue weighted by Crippen LogP contribution is 2.12. The molecule has 0 aliphatic heterocycles. The number of benzene rings is 1. The summed E-state index contributed by atoms with van der Waals surface area (Å²) < 4.78 is 1.25. The molecule has 2 rings (SSSR count). The van der Waals surface area contributed by atoms with Crippen LogP contribution in [0.3, 0.4) is 0 Å². The molecule has 0 bridgehead atoms. The van der Waals surface area contributed by atoms with E-state index < -0.39 is 5.91 Å². The van der Waals surface area contributed by atoms with Crippen LogP contribution in [0.2, 0.25) is 0 Å². The maximum atomic E-state index is 12.3. The number of hydroxylamine groups is 1. The minimum atomic E-state index is -0.513. The number of hydrogen-bond donors (Lipinski definition) is 1. The summed E-state index contributed by atoms with van der Waals surface area (Å²) >= 11 is 0. The van der Waals surface area contributed by atoms with E-state index in [4.69, 9.17) is 6.42 Å². The van der Waals surface area contributed by atoms with E-state index in [-0.39, 0.29) is 17.8 Å². The number of carbonyl (C=O) groups is 1. The second kappa shape index (κ2) is 5.38. The Hall–Kier alpha value is -2.58. The largest absolute Gasteiger partial charge is 0.291 e. The van der Waals surface area contributed by atoms with Crippen molar-refractivity contribution in [2.24, 2.45) is 0 Å². The number of nitrogens with one attached hydrogen (secondary N) is 1. The molecule has 96 valence electrons. The molecule has 1 N–H and O–H groups in total. The molecule has 0 spiro atoms. The first-order valence-electron chi connectivity index (χ1n) is 5.58. The van der Waals surface area contributed by atoms with Crippen molar-refractivity contribution in [3.05, 3.63) is 46.4 Å². The van der Waals surface area contributed by atoms with Gasteiger partial charge >= 0.3 is 0 Å². The van der Waals surface area contributed by atoms with Gasteiger partial charge < -0.3 is 0 Å². The summed E-state index contributed by atoms with van der Waals surface area (Å²) in [7, 11) is 1.32. The standard InChI is InChI=1S/C14H12N2O3/c1-3-8-16-12(13(17)15-19-2)9-10-6-4-5-7-11(10)14(16)18/h1,4-7,9H,8H2,2H3,(H,15,17). The SMILES string of the molecule is C#CCn1c(C(=O)NOC)cc2ccccc2c1=O. The molecule has 1 heterocycles. The van der Waals surface area contributed by atoms with Gasteiger partial charge in [-0.05, 0) is 17.5 Å². The van der Waals surface area contributed by atoms with Crippen LogP contribution in [0.15, 0.2) is 35.1 Å². The number of aromatic nitrogens is 1. The van der Waals surface area contributed by atoms with Gasteiger partial charge in [-0.15, -0.1) is 6.42 Å². The van der Waals surface area contributed by atoms with Crippen LogP contribution >= 0.6 is 0 Å². The summed E-state index contributed by atoms with van der Waals surface area (Å²) in [6, 6.07) is 8.63. The maximum Gasteiger partial charge on any atom is 0.291 e. The van der Waals surface area contributed by atoms with Crippen LogP contribution in [0.4, 0.5) is 0 Å². The first-order valence-corrected chi connectivity index (χ1v) is 5.58. The smallest absolute Gasteiger partial charge is 0.291 e. The normalized spacial score (nSPS) is 10.1. The second-order valence-electron chi connectivity index (χ2n) is 3.85. The van der Waals surface area contributed by atoms with Gasteiger partial charge in [-0.25, -0.2) is 5.48 Å². The van der Waals surface area contributed by atoms with Gasteiger partial charge in [-0.1, -0.05) is 24.1 Å². The van der Waals surface area contributed by atoms with Gasteiger partial charge in [0.1, 0.15) is 5.69 Å². The van der Waals surface area contributed by atoms with Crippen molar-refractivity contribution in [3.8, 4) is 12.3 Å². The van der Waals surface area contributed by atoms with Crippen LogP contribution in [0.25, 0.3) is 10.8 Å². The molecule has 0 aliphatic rings. The highest BCUT2D eigenvalue weighted by Gasteiger charge is 2.14. The van der Waals surface area contributed by atoms with Gasteiger partial charge in [-0.2, -0.15) is 0 Å². The van der Waals surface area contributed by atoms with E-state index in [1.165, 1.54) is 11.7 Å². The zero-order valence-corrected chi connectivity index (χ0v) is 10.3. The number of amides is 1. The molecule has 2 aromatic rings. The minimum Gasteiger partial charge on any atom is -0.291 e. The lowest BCUT2D eigenvalue weighted by Gasteiger charge is -2.11. The molecule has 5 heteroatoms. The quantitative estimate of drug-likeness (QED) is 0.656. The van der Waals surface area contributed by atoms with Crippen LogP contribution in [-0.2, 0) is 11.4 Å². The Morgan fingerprint density at radius 1 is 1.47 bits per heavy atom. The Balaban J connectivity index is 2.74. The van der Waals surface area contributed by atoms with Crippen LogP contribution in [0.1, 0.15) is 10.5 Å². The van der Waals surface area contributed by atoms with Gasteiger partial charge in [0.05, 0.1) is 13.7 Å². The summed E-state index contributed by atoms with van der Waals surface area (Å²) in [5, 5.41) is 1.20. The van der Waals surface area contributed by atoms with Crippen molar-refractivity contribution < 1.29 is 9.63 Å². The molecule has 1 aromatic carbocycles. The number of carbonyl (C=O) groups excluding carboxylic acids is 1. The summed E-state index contributed by atoms with van der Waals surface area (Å²) in [4.78, 5) is 28.7. The lowest BCUT2D eigenvalue weighted by Crippen LogP contribution is -2.31. The monoisotopic (exact) mass is 256 g/mol. The number of hydrogen-bond acceptors (Lipinski definition) is 3. The molecule has 0 atom stereocenters. The topological polar surface area (TPSA) is 60.3 Å². The fraction of sp³-hybridized carbons (Fsp3) is 0.143. The maximum absolute atomic E-state index is 12.3. The van der Waals surface area contributed by atoms with Crippen molar-refractivity contribution >= 4 is 16.7 Å². The molecular formula is C14H12N2O3. The molecule has 1 aromatic heterocycles. The van der Waals surface area contributed by atoms with E-state index in [1.54, 1.807) is 30.3 Å². The van der Waals surface area contributed by atoms with Gasteiger partial charge in [0, 0.05) is 5.39 Å². The molecule has 0 radical (unpaired) electrons. The first kappa shape index (κ1) is 12.9. The van der Waals surface area contributed by atoms with Crippen molar-refractivity contribution in [1.82, 2.24) is 10.0 Å². The zero-order chi connectivity index (χ0) is 13.8. The number of rotatable bonds is 3. The number of pyridine rings is 1. The van der Waals surface area contributed by atoms with E-state index in [9.17, 15) is 9.59 Å². The second-order valence-corrected chi connectivity index (χ2v) is 3.85. The number of terminal acetylenes is 1. The molecule has 0 unspecified atom stereocenters. The third kappa shape index (κ3) is 2.34. The molecule has 0 saturated carbocycles. The third-order valence-corrected chi connectivity index (χ3v) is 2.70. The van der Waals surface area contributed by atoms with E-state index >= 15 is 0 Å². The molecule has 19 heavy (non-hydrogen) atoms. The molecule has 0 fully saturated rings. The average molecular weight is 256 g/mol. The summed E-state index contributed by atoms with van der Waals surface area (Å²) in [6.07, 6.45) is 5.24. The van der Waals surface area contributed by atoms with E-state index in [0.29, 0.717) is 10.8 Å². The highest BCUT2D eigenvalue weighted by molar-refractivity contribution is 5.96. The van der Waals surface area contributed by atoms with Crippen LogP contribution in [0, 0.1) is 12.3 Å². The minimum absolute atomic E-state index is 0.0239. The van der Waals surface area contributed by atoms with E-state index in [1.807, 2.05) is 0 Å². The lowest BCUT2D eigenvalue weighted by molar-refractivity contribution is 0.0527. The molecule has 1 amide bonds. The van der Waals surface area contributed by atoms with Gasteiger partial charge in [0.25, 0.3) is 11.5 Å². The fourth-order valence-corrected chi connectivity index (χ4v) is 1.88. The van der Waals surface area contributed by atoms with E-state index in [2.05, 4.69) is 16.2 Å². The molecule has 5 nitrogen and oxygen atoms in total. The zero-order valence-electron chi connectivity index (χ0n) is 10.3. The summed E-state index contributed by atoms with van der Waals surface area (Å²) in [6.45, 7) is 0.0239. The van der Waals surface area contributed by atoms with Gasteiger partial charge in [0.2, 0.25) is 0 Å². The number of fused-ring (bicyclic) bond motifs is 1. The van der Waals surface area contributed by atoms with Crippen molar-refractivity contribution in [1.29, 1.82) is 0 Å². The number of nitrogens with zero attached hydrogens (tertiary/aromatic N) is 1.